The van der Waals surface area contributed by atoms with Crippen LogP contribution in [-0.4, -0.2) is 42.4 Å². The summed E-state index contributed by atoms with van der Waals surface area (Å²) in [5, 5.41) is 10.6. The monoisotopic (exact) mass is 462 g/mol. The van der Waals surface area contributed by atoms with Crippen LogP contribution in [-0.2, 0) is 0 Å². The van der Waals surface area contributed by atoms with Crippen LogP contribution in [0.2, 0.25) is 0 Å². The number of halogens is 1. The summed E-state index contributed by atoms with van der Waals surface area (Å²) < 4.78 is 19.1. The first-order chi connectivity index (χ1) is 16.3. The highest BCUT2D eigenvalue weighted by Crippen LogP contribution is 2.33. The fourth-order valence-electron chi connectivity index (χ4n) is 5.10. The van der Waals surface area contributed by atoms with Crippen LogP contribution in [0.15, 0.2) is 54.6 Å². The lowest BCUT2D eigenvalue weighted by Crippen LogP contribution is -2.40. The molecule has 4 rings (SSSR count). The van der Waals surface area contributed by atoms with Gasteiger partial charge in [0.1, 0.15) is 24.3 Å². The average Bonchev–Trinajstić information content (AvgIpc) is 2.79. The van der Waals surface area contributed by atoms with Crippen molar-refractivity contribution >= 4 is 5.69 Å². The van der Waals surface area contributed by atoms with Gasteiger partial charge in [-0.1, -0.05) is 36.4 Å². The minimum Gasteiger partial charge on any atom is -0.488 e. The number of aryl methyl sites for hydroxylation is 3. The largest absolute Gasteiger partial charge is 0.488 e. The standard InChI is InChI=1S/C29H35FN2O2/c1-19-14-21(3)29(28(31)15-19)34-18-26(33)17-32-12-10-23(11-13-32)27-9-6-24(16-20(27)2)22-4-7-25(30)8-5-22/h4-9,14-16,23,26,33H,10-13,17-18,31H2,1-3H3/t26-/m0/s1. The maximum absolute atomic E-state index is 13.2. The van der Waals surface area contributed by atoms with E-state index in [1.165, 1.54) is 23.3 Å². The van der Waals surface area contributed by atoms with Crippen molar-refractivity contribution in [3.8, 4) is 16.9 Å². The molecule has 34 heavy (non-hydrogen) atoms. The Bertz CT molecular complexity index is 1100. The van der Waals surface area contributed by atoms with Crippen molar-refractivity contribution < 1.29 is 14.2 Å². The van der Waals surface area contributed by atoms with Crippen molar-refractivity contribution in [2.75, 3.05) is 32.0 Å². The number of nitrogens with two attached hydrogens (primary N) is 1. The molecule has 0 amide bonds. The van der Waals surface area contributed by atoms with E-state index in [-0.39, 0.29) is 12.4 Å². The molecule has 0 spiro atoms. The van der Waals surface area contributed by atoms with Crippen molar-refractivity contribution in [1.82, 2.24) is 4.90 Å². The molecule has 180 valence electrons. The Balaban J connectivity index is 1.29. The molecular formula is C29H35FN2O2. The summed E-state index contributed by atoms with van der Waals surface area (Å²) in [4.78, 5) is 2.32. The molecule has 5 heteroatoms. The third kappa shape index (κ3) is 5.78. The van der Waals surface area contributed by atoms with Gasteiger partial charge < -0.3 is 20.5 Å². The highest BCUT2D eigenvalue weighted by molar-refractivity contribution is 5.65. The molecule has 0 saturated carbocycles. The quantitative estimate of drug-likeness (QED) is 0.448. The number of piperidine rings is 1. The summed E-state index contributed by atoms with van der Waals surface area (Å²) >= 11 is 0. The molecular weight excluding hydrogens is 427 g/mol. The van der Waals surface area contributed by atoms with Gasteiger partial charge in [0.25, 0.3) is 0 Å². The van der Waals surface area contributed by atoms with Crippen LogP contribution in [0.5, 0.6) is 5.75 Å². The number of anilines is 1. The third-order valence-electron chi connectivity index (χ3n) is 6.81. The Morgan fingerprint density at radius 3 is 2.29 bits per heavy atom. The van der Waals surface area contributed by atoms with Crippen molar-refractivity contribution in [2.24, 2.45) is 0 Å². The van der Waals surface area contributed by atoms with E-state index in [1.54, 1.807) is 0 Å². The molecule has 1 heterocycles. The highest BCUT2D eigenvalue weighted by atomic mass is 19.1. The number of ether oxygens (including phenoxy) is 1. The zero-order valence-electron chi connectivity index (χ0n) is 20.4. The minimum absolute atomic E-state index is 0.213. The van der Waals surface area contributed by atoms with Crippen LogP contribution in [0, 0.1) is 26.6 Å². The number of benzene rings is 3. The molecule has 1 saturated heterocycles. The minimum atomic E-state index is -0.562. The smallest absolute Gasteiger partial charge is 0.145 e. The number of β-amino-alcohol motifs (C(OH)–C–C–N with tert-alkyl or cyclic N) is 1. The fraction of sp³-hybridized carbons (Fsp3) is 0.379. The third-order valence-corrected chi connectivity index (χ3v) is 6.81. The van der Waals surface area contributed by atoms with Gasteiger partial charge in [-0.2, -0.15) is 0 Å². The maximum atomic E-state index is 13.2. The Morgan fingerprint density at radius 1 is 0.971 bits per heavy atom. The van der Waals surface area contributed by atoms with E-state index in [2.05, 4.69) is 30.0 Å². The number of rotatable bonds is 7. The first kappa shape index (κ1) is 24.2. The second kappa shape index (κ2) is 10.6. The van der Waals surface area contributed by atoms with Crippen LogP contribution in [0.25, 0.3) is 11.1 Å². The molecule has 3 aromatic rings. The molecule has 1 fully saturated rings. The molecule has 0 bridgehead atoms. The van der Waals surface area contributed by atoms with Crippen LogP contribution < -0.4 is 10.5 Å². The van der Waals surface area contributed by atoms with Crippen LogP contribution in [0.4, 0.5) is 10.1 Å². The van der Waals surface area contributed by atoms with Gasteiger partial charge in [-0.3, -0.25) is 0 Å². The SMILES string of the molecule is Cc1cc(C)c(OC[C@@H](O)CN2CCC(c3ccc(-c4ccc(F)cc4)cc3C)CC2)c(N)c1. The predicted octanol–water partition coefficient (Wildman–Crippen LogP) is 5.62. The fourth-order valence-corrected chi connectivity index (χ4v) is 5.10. The first-order valence-electron chi connectivity index (χ1n) is 12.1. The molecule has 1 aliphatic rings. The van der Waals surface area contributed by atoms with Crippen LogP contribution in [0.3, 0.4) is 0 Å². The van der Waals surface area contributed by atoms with Gasteiger partial charge in [0.05, 0.1) is 5.69 Å². The summed E-state index contributed by atoms with van der Waals surface area (Å²) in [6.45, 7) is 8.88. The number of nitrogen functional groups attached to an aromatic ring is 1. The molecule has 3 aromatic carbocycles. The van der Waals surface area contributed by atoms with Crippen molar-refractivity contribution in [3.63, 3.8) is 0 Å². The van der Waals surface area contributed by atoms with E-state index in [1.807, 2.05) is 38.1 Å². The Hall–Kier alpha value is -2.89. The van der Waals surface area contributed by atoms with Crippen molar-refractivity contribution in [2.45, 2.75) is 45.6 Å². The molecule has 1 atom stereocenters. The summed E-state index contributed by atoms with van der Waals surface area (Å²) in [5.74, 6) is 0.972. The van der Waals surface area contributed by atoms with Gasteiger partial charge in [-0.25, -0.2) is 4.39 Å². The number of hydrogen-bond donors (Lipinski definition) is 2. The first-order valence-corrected chi connectivity index (χ1v) is 12.1. The summed E-state index contributed by atoms with van der Waals surface area (Å²) in [6.07, 6.45) is 1.57. The normalized spacial score (nSPS) is 15.9. The molecule has 0 aromatic heterocycles. The van der Waals surface area contributed by atoms with Crippen molar-refractivity contribution in [1.29, 1.82) is 0 Å². The summed E-state index contributed by atoms with van der Waals surface area (Å²) in [6, 6.07) is 17.2. The van der Waals surface area contributed by atoms with Gasteiger partial charge in [-0.15, -0.1) is 0 Å². The Kier molecular flexibility index (Phi) is 7.54. The van der Waals surface area contributed by atoms with Crippen LogP contribution in [0.1, 0.15) is 41.0 Å². The number of aliphatic hydroxyl groups is 1. The van der Waals surface area contributed by atoms with Gasteiger partial charge in [0, 0.05) is 6.54 Å². The molecule has 3 N–H and O–H groups in total. The van der Waals surface area contributed by atoms with Gasteiger partial charge in [0.15, 0.2) is 0 Å². The lowest BCUT2D eigenvalue weighted by molar-refractivity contribution is 0.0594. The van der Waals surface area contributed by atoms with E-state index < -0.39 is 6.10 Å². The van der Waals surface area contributed by atoms with Crippen LogP contribution >= 0.6 is 0 Å². The summed E-state index contributed by atoms with van der Waals surface area (Å²) in [7, 11) is 0. The highest BCUT2D eigenvalue weighted by Gasteiger charge is 2.23. The Morgan fingerprint density at radius 2 is 1.65 bits per heavy atom. The second-order valence-corrected chi connectivity index (χ2v) is 9.62. The second-order valence-electron chi connectivity index (χ2n) is 9.62. The number of hydrogen-bond acceptors (Lipinski definition) is 4. The van der Waals surface area contributed by atoms with E-state index in [0.29, 0.717) is 23.9 Å². The van der Waals surface area contributed by atoms with E-state index >= 15 is 0 Å². The molecule has 0 unspecified atom stereocenters. The van der Waals surface area contributed by atoms with E-state index in [4.69, 9.17) is 10.5 Å². The van der Waals surface area contributed by atoms with E-state index in [9.17, 15) is 9.50 Å². The molecule has 0 aliphatic carbocycles. The van der Waals surface area contributed by atoms with Crippen molar-refractivity contribution in [3.05, 3.63) is 82.7 Å². The lowest BCUT2D eigenvalue weighted by Gasteiger charge is -2.34. The van der Waals surface area contributed by atoms with E-state index in [0.717, 1.165) is 48.2 Å². The topological polar surface area (TPSA) is 58.7 Å². The maximum Gasteiger partial charge on any atom is 0.145 e. The molecule has 1 aliphatic heterocycles. The zero-order chi connectivity index (χ0) is 24.2. The lowest BCUT2D eigenvalue weighted by atomic mass is 9.85. The molecule has 0 radical (unpaired) electrons. The number of aliphatic hydroxyl groups excluding tert-OH is 1. The number of nitrogens with zero attached hydrogens (tertiary/aromatic N) is 1. The summed E-state index contributed by atoms with van der Waals surface area (Å²) in [5.41, 5.74) is 13.6. The van der Waals surface area contributed by atoms with Gasteiger partial charge in [-0.05, 0) is 104 Å². The molecule has 4 nitrogen and oxygen atoms in total. The zero-order valence-corrected chi connectivity index (χ0v) is 20.4. The van der Waals surface area contributed by atoms with Gasteiger partial charge in [0.2, 0.25) is 0 Å². The average molecular weight is 463 g/mol. The Labute approximate surface area is 202 Å². The number of likely N-dealkylation sites (tertiary alicyclic amines) is 1. The van der Waals surface area contributed by atoms with Gasteiger partial charge >= 0.3 is 0 Å². The predicted molar refractivity (Wildman–Crippen MR) is 137 cm³/mol.